The van der Waals surface area contributed by atoms with E-state index >= 15 is 0 Å². The first-order valence-electron chi connectivity index (χ1n) is 9.27. The first kappa shape index (κ1) is 19.9. The van der Waals surface area contributed by atoms with Crippen LogP contribution in [0.1, 0.15) is 34.0 Å². The molecule has 28 heavy (non-hydrogen) atoms. The number of rotatable bonds is 8. The van der Waals surface area contributed by atoms with Crippen LogP contribution in [0.25, 0.3) is 0 Å². The van der Waals surface area contributed by atoms with Gasteiger partial charge in [0.1, 0.15) is 29.6 Å². The zero-order valence-electron chi connectivity index (χ0n) is 17.4. The second-order valence-corrected chi connectivity index (χ2v) is 7.14. The van der Waals surface area contributed by atoms with E-state index in [1.165, 1.54) is 11.3 Å². The topological polar surface area (TPSA) is 65.6 Å². The Hall–Kier alpha value is -2.80. The van der Waals surface area contributed by atoms with Gasteiger partial charge in [0.2, 0.25) is 0 Å². The molecular weight excluding hydrogens is 356 g/mol. The van der Waals surface area contributed by atoms with Crippen LogP contribution in [-0.4, -0.2) is 34.0 Å². The molecule has 7 heteroatoms. The minimum atomic E-state index is 0.368. The quantitative estimate of drug-likeness (QED) is 0.592. The van der Waals surface area contributed by atoms with Crippen LogP contribution in [0.2, 0.25) is 0 Å². The molecule has 0 N–H and O–H groups in total. The number of benzene rings is 1. The van der Waals surface area contributed by atoms with Crippen LogP contribution in [0, 0.1) is 20.8 Å². The van der Waals surface area contributed by atoms with Crippen molar-refractivity contribution in [2.45, 2.75) is 40.5 Å². The molecule has 0 aliphatic heterocycles. The maximum atomic E-state index is 5.88. The number of nitrogens with zero attached hydrogens (tertiary/aromatic N) is 4. The van der Waals surface area contributed by atoms with Gasteiger partial charge in [0.05, 0.1) is 12.8 Å². The number of aromatic nitrogens is 3. The van der Waals surface area contributed by atoms with Crippen molar-refractivity contribution in [3.63, 3.8) is 0 Å². The third kappa shape index (κ3) is 4.54. The van der Waals surface area contributed by atoms with Gasteiger partial charge in [-0.25, -0.2) is 0 Å². The number of ether oxygens (including phenoxy) is 2. The molecule has 0 radical (unpaired) electrons. The lowest BCUT2D eigenvalue weighted by Crippen LogP contribution is -2.18. The lowest BCUT2D eigenvalue weighted by atomic mass is 10.1. The van der Waals surface area contributed by atoms with E-state index < -0.39 is 0 Å². The smallest absolute Gasteiger partial charge is 0.134 e. The second-order valence-electron chi connectivity index (χ2n) is 7.14. The molecule has 7 nitrogen and oxygen atoms in total. The largest absolute Gasteiger partial charge is 0.496 e. The predicted molar refractivity (Wildman–Crippen MR) is 106 cm³/mol. The van der Waals surface area contributed by atoms with Gasteiger partial charge >= 0.3 is 0 Å². The normalized spacial score (nSPS) is 11.2. The van der Waals surface area contributed by atoms with Crippen LogP contribution in [0.15, 0.2) is 28.8 Å². The summed E-state index contributed by atoms with van der Waals surface area (Å²) >= 11 is 0. The number of hydrogen-bond acceptors (Lipinski definition) is 6. The summed E-state index contributed by atoms with van der Waals surface area (Å²) in [6.07, 6.45) is 0. The first-order chi connectivity index (χ1) is 13.4. The fourth-order valence-electron chi connectivity index (χ4n) is 3.27. The molecular formula is C21H28N4O3. The highest BCUT2D eigenvalue weighted by Gasteiger charge is 2.14. The lowest BCUT2D eigenvalue weighted by Gasteiger charge is -2.19. The maximum absolute atomic E-state index is 5.88. The molecule has 0 bridgehead atoms. The summed E-state index contributed by atoms with van der Waals surface area (Å²) in [5.41, 5.74) is 5.36. The second kappa shape index (κ2) is 8.48. The van der Waals surface area contributed by atoms with Crippen molar-refractivity contribution in [3.8, 4) is 11.5 Å². The van der Waals surface area contributed by atoms with Gasteiger partial charge in [-0.05, 0) is 46.0 Å². The van der Waals surface area contributed by atoms with Crippen molar-refractivity contribution < 1.29 is 14.0 Å². The highest BCUT2D eigenvalue weighted by molar-refractivity contribution is 5.40. The minimum absolute atomic E-state index is 0.368. The van der Waals surface area contributed by atoms with Crippen LogP contribution in [0.5, 0.6) is 11.5 Å². The van der Waals surface area contributed by atoms with Crippen LogP contribution >= 0.6 is 0 Å². The fourth-order valence-corrected chi connectivity index (χ4v) is 3.27. The fraction of sp³-hybridized carbons (Fsp3) is 0.429. The van der Waals surface area contributed by atoms with Crippen molar-refractivity contribution in [3.05, 3.63) is 58.2 Å². The molecule has 3 rings (SSSR count). The van der Waals surface area contributed by atoms with Gasteiger partial charge in [-0.2, -0.15) is 5.10 Å². The Bertz CT molecular complexity index is 945. The van der Waals surface area contributed by atoms with Crippen molar-refractivity contribution in [2.75, 3.05) is 14.2 Å². The Labute approximate surface area is 165 Å². The summed E-state index contributed by atoms with van der Waals surface area (Å²) in [6, 6.07) is 7.74. The van der Waals surface area contributed by atoms with E-state index in [1.54, 1.807) is 7.11 Å². The van der Waals surface area contributed by atoms with E-state index in [0.717, 1.165) is 47.3 Å². The third-order valence-electron chi connectivity index (χ3n) is 4.84. The Morgan fingerprint density at radius 3 is 2.54 bits per heavy atom. The highest BCUT2D eigenvalue weighted by atomic mass is 16.5. The maximum Gasteiger partial charge on any atom is 0.134 e. The third-order valence-corrected chi connectivity index (χ3v) is 4.84. The number of hydrogen-bond donors (Lipinski definition) is 0. The van der Waals surface area contributed by atoms with Gasteiger partial charge in [-0.3, -0.25) is 9.58 Å². The Morgan fingerprint density at radius 2 is 1.93 bits per heavy atom. The SMILES string of the molecule is COc1ccc(OCc2cc(C)on2)cc1CN(C)Cc1c(C)nn(C)c1C. The van der Waals surface area contributed by atoms with E-state index in [2.05, 4.69) is 36.1 Å². The predicted octanol–water partition coefficient (Wildman–Crippen LogP) is 3.55. The minimum Gasteiger partial charge on any atom is -0.496 e. The van der Waals surface area contributed by atoms with Crippen LogP contribution in [-0.2, 0) is 26.7 Å². The van der Waals surface area contributed by atoms with Gasteiger partial charge in [0, 0.05) is 43.0 Å². The van der Waals surface area contributed by atoms with Crippen molar-refractivity contribution in [1.29, 1.82) is 0 Å². The van der Waals surface area contributed by atoms with E-state index in [1.807, 2.05) is 42.9 Å². The molecule has 2 aromatic heterocycles. The molecule has 3 aromatic rings. The van der Waals surface area contributed by atoms with E-state index in [9.17, 15) is 0 Å². The van der Waals surface area contributed by atoms with Gasteiger partial charge in [0.15, 0.2) is 0 Å². The zero-order chi connectivity index (χ0) is 20.3. The summed E-state index contributed by atoms with van der Waals surface area (Å²) in [7, 11) is 5.76. The Morgan fingerprint density at radius 1 is 1.14 bits per heavy atom. The molecule has 0 spiro atoms. The van der Waals surface area contributed by atoms with E-state index in [-0.39, 0.29) is 0 Å². The molecule has 0 aliphatic carbocycles. The summed E-state index contributed by atoms with van der Waals surface area (Å²) in [5.74, 6) is 2.39. The zero-order valence-corrected chi connectivity index (χ0v) is 17.4. The molecule has 1 aromatic carbocycles. The van der Waals surface area contributed by atoms with Crippen molar-refractivity contribution >= 4 is 0 Å². The molecule has 0 atom stereocenters. The molecule has 0 aliphatic rings. The van der Waals surface area contributed by atoms with Gasteiger partial charge in [-0.1, -0.05) is 5.16 Å². The molecule has 0 saturated heterocycles. The molecule has 0 unspecified atom stereocenters. The number of aryl methyl sites for hydroxylation is 3. The molecule has 0 saturated carbocycles. The standard InChI is InChI=1S/C21H28N4O3/c1-14-9-18(23-28-14)13-27-19-7-8-21(26-6)17(10-19)11-24(4)12-20-15(2)22-25(5)16(20)3/h7-10H,11-13H2,1-6H3. The summed E-state index contributed by atoms with van der Waals surface area (Å²) in [4.78, 5) is 2.25. The van der Waals surface area contributed by atoms with Gasteiger partial charge in [0.25, 0.3) is 0 Å². The van der Waals surface area contributed by atoms with Crippen molar-refractivity contribution in [1.82, 2.24) is 19.8 Å². The van der Waals surface area contributed by atoms with Gasteiger partial charge in [-0.15, -0.1) is 0 Å². The monoisotopic (exact) mass is 384 g/mol. The lowest BCUT2D eigenvalue weighted by molar-refractivity contribution is 0.283. The van der Waals surface area contributed by atoms with Crippen LogP contribution < -0.4 is 9.47 Å². The number of methoxy groups -OCH3 is 1. The van der Waals surface area contributed by atoms with Crippen LogP contribution in [0.3, 0.4) is 0 Å². The molecule has 150 valence electrons. The van der Waals surface area contributed by atoms with E-state index in [0.29, 0.717) is 6.61 Å². The summed E-state index contributed by atoms with van der Waals surface area (Å²) in [6.45, 7) is 7.94. The molecule has 0 amide bonds. The molecule has 0 fully saturated rings. The average molecular weight is 384 g/mol. The molecule has 2 heterocycles. The summed E-state index contributed by atoms with van der Waals surface area (Å²) in [5, 5.41) is 8.46. The van der Waals surface area contributed by atoms with Crippen molar-refractivity contribution in [2.24, 2.45) is 7.05 Å². The summed E-state index contributed by atoms with van der Waals surface area (Å²) < 4.78 is 18.4. The van der Waals surface area contributed by atoms with Gasteiger partial charge < -0.3 is 14.0 Å². The Balaban J connectivity index is 1.70. The van der Waals surface area contributed by atoms with E-state index in [4.69, 9.17) is 14.0 Å². The average Bonchev–Trinajstić information content (AvgIpc) is 3.18. The first-order valence-corrected chi connectivity index (χ1v) is 9.27. The highest BCUT2D eigenvalue weighted by Crippen LogP contribution is 2.26. The van der Waals surface area contributed by atoms with Crippen LogP contribution in [0.4, 0.5) is 0 Å². The Kier molecular flexibility index (Phi) is 6.04.